The van der Waals surface area contributed by atoms with Crippen LogP contribution in [0.4, 0.5) is 10.5 Å². The van der Waals surface area contributed by atoms with Crippen molar-refractivity contribution in [3.63, 3.8) is 0 Å². The van der Waals surface area contributed by atoms with Gasteiger partial charge in [0.05, 0.1) is 23.0 Å². The fourth-order valence-corrected chi connectivity index (χ4v) is 3.61. The molecule has 9 heteroatoms. The summed E-state index contributed by atoms with van der Waals surface area (Å²) in [5.74, 6) is -0.516. The first-order chi connectivity index (χ1) is 14.3. The minimum atomic E-state index is -0.858. The van der Waals surface area contributed by atoms with E-state index in [1.165, 1.54) is 37.5 Å². The molecule has 1 saturated heterocycles. The van der Waals surface area contributed by atoms with E-state index in [9.17, 15) is 19.5 Å². The van der Waals surface area contributed by atoms with E-state index in [1.54, 1.807) is 12.1 Å². The number of nitrogens with one attached hydrogen (secondary N) is 1. The molecule has 8 nitrogen and oxygen atoms in total. The molecule has 4 amide bonds. The highest BCUT2D eigenvalue weighted by molar-refractivity contribution is 14.1. The summed E-state index contributed by atoms with van der Waals surface area (Å²) in [6.45, 7) is 2.52. The van der Waals surface area contributed by atoms with Crippen molar-refractivity contribution in [3.05, 3.63) is 51.1 Å². The predicted octanol–water partition coefficient (Wildman–Crippen LogP) is 3.46. The van der Waals surface area contributed by atoms with Crippen molar-refractivity contribution in [1.82, 2.24) is 5.32 Å². The standard InChI is InChI=1S/C21H19IN2O6/c1-3-8-30-18-16(22)10-12(11-17(18)29-2)9-15-19(26)23-21(28)24(20(15)27)13-4-6-14(25)7-5-13/h4-7,9-11,25H,3,8H2,1-2H3,(H,23,26,28)/b15-9+. The molecule has 0 unspecified atom stereocenters. The molecule has 0 radical (unpaired) electrons. The SMILES string of the molecule is CCCOc1c(I)cc(/C=C2\C(=O)NC(=O)N(c3ccc(O)cc3)C2=O)cc1OC. The van der Waals surface area contributed by atoms with E-state index in [2.05, 4.69) is 27.9 Å². The molecule has 0 aliphatic carbocycles. The second-order valence-corrected chi connectivity index (χ2v) is 7.52. The summed E-state index contributed by atoms with van der Waals surface area (Å²) in [6.07, 6.45) is 2.23. The molecule has 1 aliphatic rings. The lowest BCUT2D eigenvalue weighted by molar-refractivity contribution is -0.122. The Labute approximate surface area is 186 Å². The maximum atomic E-state index is 12.9. The van der Waals surface area contributed by atoms with Gasteiger partial charge >= 0.3 is 6.03 Å². The fraction of sp³-hybridized carbons (Fsp3) is 0.190. The Balaban J connectivity index is 2.00. The lowest BCUT2D eigenvalue weighted by Crippen LogP contribution is -2.54. The average Bonchev–Trinajstić information content (AvgIpc) is 2.71. The number of rotatable bonds is 6. The number of urea groups is 1. The zero-order chi connectivity index (χ0) is 21.8. The number of hydrogen-bond acceptors (Lipinski definition) is 6. The second kappa shape index (κ2) is 9.16. The number of carbonyl (C=O) groups excluding carboxylic acids is 3. The lowest BCUT2D eigenvalue weighted by atomic mass is 10.1. The van der Waals surface area contributed by atoms with Gasteiger partial charge in [0.25, 0.3) is 11.8 Å². The van der Waals surface area contributed by atoms with Crippen molar-refractivity contribution in [2.45, 2.75) is 13.3 Å². The molecule has 0 saturated carbocycles. The van der Waals surface area contributed by atoms with Crippen molar-refractivity contribution < 1.29 is 29.0 Å². The van der Waals surface area contributed by atoms with Gasteiger partial charge in [-0.1, -0.05) is 6.92 Å². The van der Waals surface area contributed by atoms with Crippen molar-refractivity contribution in [1.29, 1.82) is 0 Å². The van der Waals surface area contributed by atoms with E-state index in [4.69, 9.17) is 9.47 Å². The normalized spacial score (nSPS) is 15.4. The highest BCUT2D eigenvalue weighted by Gasteiger charge is 2.36. The smallest absolute Gasteiger partial charge is 0.335 e. The molecular formula is C21H19IN2O6. The van der Waals surface area contributed by atoms with Crippen molar-refractivity contribution in [3.8, 4) is 17.2 Å². The zero-order valence-corrected chi connectivity index (χ0v) is 18.4. The lowest BCUT2D eigenvalue weighted by Gasteiger charge is -2.26. The average molecular weight is 522 g/mol. The highest BCUT2D eigenvalue weighted by Crippen LogP contribution is 2.35. The molecule has 2 aromatic rings. The van der Waals surface area contributed by atoms with Crippen LogP contribution in [0.2, 0.25) is 0 Å². The van der Waals surface area contributed by atoms with Crippen LogP contribution in [0, 0.1) is 3.57 Å². The summed E-state index contributed by atoms with van der Waals surface area (Å²) in [5, 5.41) is 11.6. The van der Waals surface area contributed by atoms with Gasteiger partial charge in [0.15, 0.2) is 11.5 Å². The van der Waals surface area contributed by atoms with E-state index >= 15 is 0 Å². The molecule has 3 rings (SSSR count). The van der Waals surface area contributed by atoms with E-state index in [-0.39, 0.29) is 17.0 Å². The van der Waals surface area contributed by atoms with E-state index in [0.717, 1.165) is 14.9 Å². The molecule has 1 fully saturated rings. The number of carbonyl (C=O) groups is 3. The number of halogens is 1. The molecule has 0 aromatic heterocycles. The third kappa shape index (κ3) is 4.40. The minimum Gasteiger partial charge on any atom is -0.508 e. The van der Waals surface area contributed by atoms with Gasteiger partial charge < -0.3 is 14.6 Å². The summed E-state index contributed by atoms with van der Waals surface area (Å²) in [6, 6.07) is 8.06. The maximum Gasteiger partial charge on any atom is 0.335 e. The van der Waals surface area contributed by atoms with Gasteiger partial charge in [-0.2, -0.15) is 0 Å². The molecule has 0 bridgehead atoms. The molecule has 1 heterocycles. The summed E-state index contributed by atoms with van der Waals surface area (Å²) in [5.41, 5.74) is 0.561. The summed E-state index contributed by atoms with van der Waals surface area (Å²) < 4.78 is 11.9. The quantitative estimate of drug-likeness (QED) is 0.342. The van der Waals surface area contributed by atoms with Crippen LogP contribution in [-0.2, 0) is 9.59 Å². The Hall–Kier alpha value is -3.08. The third-order valence-electron chi connectivity index (χ3n) is 4.22. The first-order valence-corrected chi connectivity index (χ1v) is 10.1. The molecule has 2 aromatic carbocycles. The summed E-state index contributed by atoms with van der Waals surface area (Å²) in [7, 11) is 1.50. The van der Waals surface area contributed by atoms with Crippen LogP contribution in [0.1, 0.15) is 18.9 Å². The number of phenols is 1. The van der Waals surface area contributed by atoms with Gasteiger partial charge in [0.1, 0.15) is 11.3 Å². The molecular weight excluding hydrogens is 503 g/mol. The Morgan fingerprint density at radius 2 is 1.87 bits per heavy atom. The van der Waals surface area contributed by atoms with Crippen LogP contribution < -0.4 is 19.7 Å². The van der Waals surface area contributed by atoms with Crippen LogP contribution in [0.3, 0.4) is 0 Å². The maximum absolute atomic E-state index is 12.9. The highest BCUT2D eigenvalue weighted by atomic mass is 127. The Bertz CT molecular complexity index is 1030. The van der Waals surface area contributed by atoms with E-state index in [0.29, 0.717) is 23.7 Å². The van der Waals surface area contributed by atoms with Gasteiger partial charge in [-0.25, -0.2) is 9.69 Å². The molecule has 1 aliphatic heterocycles. The monoisotopic (exact) mass is 522 g/mol. The topological polar surface area (TPSA) is 105 Å². The number of imide groups is 2. The second-order valence-electron chi connectivity index (χ2n) is 6.36. The molecule has 0 spiro atoms. The van der Waals surface area contributed by atoms with Crippen molar-refractivity contribution in [2.24, 2.45) is 0 Å². The van der Waals surface area contributed by atoms with Gasteiger partial charge in [-0.05, 0) is 77.0 Å². The molecule has 2 N–H and O–H groups in total. The Morgan fingerprint density at radius 3 is 2.50 bits per heavy atom. The number of anilines is 1. The van der Waals surface area contributed by atoms with Crippen LogP contribution in [0.15, 0.2) is 42.0 Å². The molecule has 0 atom stereocenters. The van der Waals surface area contributed by atoms with Crippen LogP contribution in [-0.4, -0.2) is 36.7 Å². The third-order valence-corrected chi connectivity index (χ3v) is 5.02. The fourth-order valence-electron chi connectivity index (χ4n) is 2.83. The van der Waals surface area contributed by atoms with E-state index in [1.807, 2.05) is 6.92 Å². The number of aromatic hydroxyl groups is 1. The van der Waals surface area contributed by atoms with Crippen LogP contribution in [0.25, 0.3) is 6.08 Å². The molecule has 156 valence electrons. The number of nitrogens with zero attached hydrogens (tertiary/aromatic N) is 1. The number of phenolic OH excluding ortho intramolecular Hbond substituents is 1. The number of amides is 4. The first-order valence-electron chi connectivity index (χ1n) is 9.06. The number of ether oxygens (including phenoxy) is 2. The predicted molar refractivity (Wildman–Crippen MR) is 119 cm³/mol. The van der Waals surface area contributed by atoms with Gasteiger partial charge in [-0.15, -0.1) is 0 Å². The van der Waals surface area contributed by atoms with Crippen molar-refractivity contribution >= 4 is 52.2 Å². The Kier molecular flexibility index (Phi) is 6.60. The van der Waals surface area contributed by atoms with Gasteiger partial charge in [0.2, 0.25) is 0 Å². The number of methoxy groups -OCH3 is 1. The van der Waals surface area contributed by atoms with E-state index < -0.39 is 17.8 Å². The molecule has 30 heavy (non-hydrogen) atoms. The van der Waals surface area contributed by atoms with Crippen LogP contribution in [0.5, 0.6) is 17.2 Å². The number of benzene rings is 2. The van der Waals surface area contributed by atoms with Gasteiger partial charge in [0, 0.05) is 0 Å². The Morgan fingerprint density at radius 1 is 1.17 bits per heavy atom. The number of barbiturate groups is 1. The summed E-state index contributed by atoms with van der Waals surface area (Å²) >= 11 is 2.09. The van der Waals surface area contributed by atoms with Crippen molar-refractivity contribution in [2.75, 3.05) is 18.6 Å². The largest absolute Gasteiger partial charge is 0.508 e. The summed E-state index contributed by atoms with van der Waals surface area (Å²) in [4.78, 5) is 38.4. The zero-order valence-electron chi connectivity index (χ0n) is 16.3. The first kappa shape index (κ1) is 21.6. The minimum absolute atomic E-state index is 0.0116. The van der Waals surface area contributed by atoms with Crippen LogP contribution >= 0.6 is 22.6 Å². The number of hydrogen-bond donors (Lipinski definition) is 2. The van der Waals surface area contributed by atoms with Gasteiger partial charge in [-0.3, -0.25) is 14.9 Å².